The summed E-state index contributed by atoms with van der Waals surface area (Å²) < 4.78 is 0. The highest BCUT2D eigenvalue weighted by atomic mass is 15.3. The molecule has 0 aliphatic heterocycles. The summed E-state index contributed by atoms with van der Waals surface area (Å²) in [5, 5.41) is 3.54. The molecule has 2 unspecified atom stereocenters. The Labute approximate surface area is 109 Å². The third-order valence-corrected chi connectivity index (χ3v) is 3.68. The maximum absolute atomic E-state index is 5.40. The SMILES string of the molecule is Cc1nc(NN)cc(NC2CCCCCC2C)n1. The number of hydrogen-bond acceptors (Lipinski definition) is 5. The lowest BCUT2D eigenvalue weighted by atomic mass is 9.97. The maximum atomic E-state index is 5.40. The van der Waals surface area contributed by atoms with Crippen LogP contribution in [0.1, 0.15) is 44.9 Å². The molecule has 1 saturated carbocycles. The lowest BCUT2D eigenvalue weighted by Gasteiger charge is -2.23. The molecule has 0 aromatic carbocycles. The highest BCUT2D eigenvalue weighted by Crippen LogP contribution is 2.25. The Morgan fingerprint density at radius 1 is 1.17 bits per heavy atom. The van der Waals surface area contributed by atoms with Gasteiger partial charge in [-0.1, -0.05) is 26.2 Å². The average molecular weight is 249 g/mol. The molecule has 1 aliphatic rings. The third kappa shape index (κ3) is 3.32. The molecule has 0 amide bonds. The molecule has 1 fully saturated rings. The van der Waals surface area contributed by atoms with Gasteiger partial charge >= 0.3 is 0 Å². The predicted molar refractivity (Wildman–Crippen MR) is 74.2 cm³/mol. The molecule has 1 heterocycles. The zero-order valence-corrected chi connectivity index (χ0v) is 11.2. The van der Waals surface area contributed by atoms with Crippen molar-refractivity contribution in [2.75, 3.05) is 10.7 Å². The van der Waals surface area contributed by atoms with E-state index in [0.29, 0.717) is 17.8 Å². The second kappa shape index (κ2) is 6.00. The summed E-state index contributed by atoms with van der Waals surface area (Å²) >= 11 is 0. The lowest BCUT2D eigenvalue weighted by Crippen LogP contribution is -2.27. The molecule has 5 heteroatoms. The second-order valence-corrected chi connectivity index (χ2v) is 5.20. The van der Waals surface area contributed by atoms with Gasteiger partial charge in [0, 0.05) is 12.1 Å². The third-order valence-electron chi connectivity index (χ3n) is 3.68. The van der Waals surface area contributed by atoms with Crippen LogP contribution in [0, 0.1) is 12.8 Å². The van der Waals surface area contributed by atoms with E-state index in [9.17, 15) is 0 Å². The van der Waals surface area contributed by atoms with Crippen molar-refractivity contribution in [2.24, 2.45) is 11.8 Å². The highest BCUT2D eigenvalue weighted by Gasteiger charge is 2.20. The van der Waals surface area contributed by atoms with Crippen molar-refractivity contribution in [1.82, 2.24) is 9.97 Å². The summed E-state index contributed by atoms with van der Waals surface area (Å²) in [5.74, 6) is 8.36. The quantitative estimate of drug-likeness (QED) is 0.436. The van der Waals surface area contributed by atoms with Gasteiger partial charge in [-0.3, -0.25) is 0 Å². The first-order valence-corrected chi connectivity index (χ1v) is 6.78. The summed E-state index contributed by atoms with van der Waals surface area (Å²) in [6.07, 6.45) is 6.51. The fourth-order valence-electron chi connectivity index (χ4n) is 2.61. The topological polar surface area (TPSA) is 75.9 Å². The molecule has 100 valence electrons. The van der Waals surface area contributed by atoms with Crippen LogP contribution in [0.25, 0.3) is 0 Å². The van der Waals surface area contributed by atoms with Crippen LogP contribution in [0.4, 0.5) is 11.6 Å². The average Bonchev–Trinajstić information content (AvgIpc) is 2.54. The van der Waals surface area contributed by atoms with Crippen molar-refractivity contribution in [3.8, 4) is 0 Å². The van der Waals surface area contributed by atoms with Gasteiger partial charge in [-0.15, -0.1) is 0 Å². The van der Waals surface area contributed by atoms with Crippen LogP contribution in [0.15, 0.2) is 6.07 Å². The number of hydrogen-bond donors (Lipinski definition) is 3. The second-order valence-electron chi connectivity index (χ2n) is 5.20. The van der Waals surface area contributed by atoms with E-state index < -0.39 is 0 Å². The summed E-state index contributed by atoms with van der Waals surface area (Å²) in [6, 6.07) is 2.37. The van der Waals surface area contributed by atoms with Crippen LogP contribution in [-0.2, 0) is 0 Å². The number of nitrogens with one attached hydrogen (secondary N) is 2. The molecular weight excluding hydrogens is 226 g/mol. The number of nitrogen functional groups attached to an aromatic ring is 1. The van der Waals surface area contributed by atoms with E-state index in [-0.39, 0.29) is 0 Å². The summed E-state index contributed by atoms with van der Waals surface area (Å²) in [5.41, 5.74) is 2.58. The largest absolute Gasteiger partial charge is 0.367 e. The van der Waals surface area contributed by atoms with Gasteiger partial charge in [-0.25, -0.2) is 15.8 Å². The highest BCUT2D eigenvalue weighted by molar-refractivity contribution is 5.47. The molecule has 5 nitrogen and oxygen atoms in total. The molecule has 18 heavy (non-hydrogen) atoms. The van der Waals surface area contributed by atoms with Gasteiger partial charge in [0.2, 0.25) is 0 Å². The number of nitrogens with two attached hydrogens (primary N) is 1. The van der Waals surface area contributed by atoms with E-state index in [4.69, 9.17) is 5.84 Å². The number of anilines is 2. The predicted octanol–water partition coefficient (Wildman–Crippen LogP) is 2.45. The first kappa shape index (κ1) is 13.1. The van der Waals surface area contributed by atoms with Gasteiger partial charge in [0.1, 0.15) is 17.5 Å². The summed E-state index contributed by atoms with van der Waals surface area (Å²) in [7, 11) is 0. The van der Waals surface area contributed by atoms with Gasteiger partial charge in [0.15, 0.2) is 0 Å². The van der Waals surface area contributed by atoms with Gasteiger partial charge < -0.3 is 10.7 Å². The van der Waals surface area contributed by atoms with Crippen LogP contribution in [0.3, 0.4) is 0 Å². The Bertz CT molecular complexity index is 393. The Morgan fingerprint density at radius 2 is 1.89 bits per heavy atom. The maximum Gasteiger partial charge on any atom is 0.145 e. The fourth-order valence-corrected chi connectivity index (χ4v) is 2.61. The van der Waals surface area contributed by atoms with E-state index >= 15 is 0 Å². The molecule has 0 spiro atoms. The zero-order valence-electron chi connectivity index (χ0n) is 11.2. The first-order chi connectivity index (χ1) is 8.69. The molecular formula is C13H23N5. The van der Waals surface area contributed by atoms with Crippen molar-refractivity contribution >= 4 is 11.6 Å². The number of nitrogens with zero attached hydrogens (tertiary/aromatic N) is 2. The summed E-state index contributed by atoms with van der Waals surface area (Å²) in [6.45, 7) is 4.20. The van der Waals surface area contributed by atoms with Crippen molar-refractivity contribution in [2.45, 2.75) is 52.0 Å². The van der Waals surface area contributed by atoms with E-state index in [1.54, 1.807) is 0 Å². The van der Waals surface area contributed by atoms with Crippen molar-refractivity contribution < 1.29 is 0 Å². The molecule has 1 aliphatic carbocycles. The smallest absolute Gasteiger partial charge is 0.145 e. The van der Waals surface area contributed by atoms with Gasteiger partial charge in [0.05, 0.1) is 0 Å². The molecule has 0 bridgehead atoms. The lowest BCUT2D eigenvalue weighted by molar-refractivity contribution is 0.455. The minimum absolute atomic E-state index is 0.507. The van der Waals surface area contributed by atoms with Crippen LogP contribution in [0.5, 0.6) is 0 Å². The van der Waals surface area contributed by atoms with Crippen LogP contribution in [-0.4, -0.2) is 16.0 Å². The standard InChI is InChI=1S/C13H23N5/c1-9-6-4-3-5-7-11(9)17-12-8-13(18-14)16-10(2)15-12/h8-9,11H,3-7,14H2,1-2H3,(H2,15,16,17,18). The van der Waals surface area contributed by atoms with Crippen LogP contribution < -0.4 is 16.6 Å². The molecule has 0 saturated heterocycles. The van der Waals surface area contributed by atoms with Crippen LogP contribution in [0.2, 0.25) is 0 Å². The molecule has 2 rings (SSSR count). The van der Waals surface area contributed by atoms with Crippen molar-refractivity contribution in [1.29, 1.82) is 0 Å². The van der Waals surface area contributed by atoms with E-state index in [1.165, 1.54) is 32.1 Å². The normalized spacial score (nSPS) is 24.4. The summed E-state index contributed by atoms with van der Waals surface area (Å²) in [4.78, 5) is 8.62. The van der Waals surface area contributed by atoms with Crippen molar-refractivity contribution in [3.63, 3.8) is 0 Å². The van der Waals surface area contributed by atoms with E-state index in [2.05, 4.69) is 27.6 Å². The number of rotatable bonds is 3. The molecule has 1 aromatic rings. The fraction of sp³-hybridized carbons (Fsp3) is 0.692. The Kier molecular flexibility index (Phi) is 4.36. The van der Waals surface area contributed by atoms with E-state index in [0.717, 1.165) is 11.6 Å². The number of hydrazine groups is 1. The Balaban J connectivity index is 2.09. The van der Waals surface area contributed by atoms with Gasteiger partial charge in [0.25, 0.3) is 0 Å². The van der Waals surface area contributed by atoms with Gasteiger partial charge in [-0.2, -0.15) is 0 Å². The Morgan fingerprint density at radius 3 is 2.67 bits per heavy atom. The molecule has 1 aromatic heterocycles. The van der Waals surface area contributed by atoms with Crippen molar-refractivity contribution in [3.05, 3.63) is 11.9 Å². The monoisotopic (exact) mass is 249 g/mol. The van der Waals surface area contributed by atoms with Crippen LogP contribution >= 0.6 is 0 Å². The van der Waals surface area contributed by atoms with Gasteiger partial charge in [-0.05, 0) is 25.7 Å². The Hall–Kier alpha value is -1.36. The number of aromatic nitrogens is 2. The minimum Gasteiger partial charge on any atom is -0.367 e. The molecule has 0 radical (unpaired) electrons. The van der Waals surface area contributed by atoms with E-state index in [1.807, 2.05) is 13.0 Å². The minimum atomic E-state index is 0.507. The zero-order chi connectivity index (χ0) is 13.0. The molecule has 4 N–H and O–H groups in total. The molecule has 2 atom stereocenters. The number of aryl methyl sites for hydroxylation is 1. The first-order valence-electron chi connectivity index (χ1n) is 6.78.